The predicted molar refractivity (Wildman–Crippen MR) is 100 cm³/mol. The number of nitrogens with one attached hydrogen (secondary N) is 1. The zero-order chi connectivity index (χ0) is 19.1. The summed E-state index contributed by atoms with van der Waals surface area (Å²) in [4.78, 5) is 39.1. The van der Waals surface area contributed by atoms with Crippen LogP contribution in [0.15, 0.2) is 36.4 Å². The zero-order valence-corrected chi connectivity index (χ0v) is 15.3. The molecule has 5 atom stereocenters. The van der Waals surface area contributed by atoms with E-state index in [9.17, 15) is 19.5 Å². The average Bonchev–Trinajstić information content (AvgIpc) is 3.25. The Bertz CT molecular complexity index is 801. The number of aliphatic carboxylic acids is 1. The van der Waals surface area contributed by atoms with E-state index in [0.717, 1.165) is 17.7 Å². The van der Waals surface area contributed by atoms with Gasteiger partial charge in [0.1, 0.15) is 6.04 Å². The van der Waals surface area contributed by atoms with Crippen molar-refractivity contribution in [2.24, 2.45) is 23.7 Å². The zero-order valence-electron chi connectivity index (χ0n) is 15.3. The second-order valence-corrected chi connectivity index (χ2v) is 7.87. The normalized spacial score (nSPS) is 32.0. The summed E-state index contributed by atoms with van der Waals surface area (Å²) in [5.74, 6) is -2.74. The number of fused-ring (bicyclic) bond motifs is 2. The quantitative estimate of drug-likeness (QED) is 0.797. The average molecular weight is 368 g/mol. The highest BCUT2D eigenvalue weighted by Crippen LogP contribution is 2.48. The van der Waals surface area contributed by atoms with Gasteiger partial charge in [-0.2, -0.15) is 0 Å². The van der Waals surface area contributed by atoms with Crippen molar-refractivity contribution in [1.29, 1.82) is 0 Å². The Hall–Kier alpha value is -2.63. The van der Waals surface area contributed by atoms with E-state index < -0.39 is 23.8 Å². The molecule has 142 valence electrons. The number of carboxylic acid groups (broad SMARTS) is 1. The molecule has 2 amide bonds. The molecule has 6 nitrogen and oxygen atoms in total. The summed E-state index contributed by atoms with van der Waals surface area (Å²) in [7, 11) is 0. The van der Waals surface area contributed by atoms with E-state index in [1.165, 1.54) is 0 Å². The van der Waals surface area contributed by atoms with Crippen molar-refractivity contribution in [2.45, 2.75) is 32.2 Å². The van der Waals surface area contributed by atoms with Gasteiger partial charge in [0.25, 0.3) is 0 Å². The first-order chi connectivity index (χ1) is 13.0. The molecule has 0 aromatic heterocycles. The molecule has 2 fully saturated rings. The number of benzene rings is 1. The Kier molecular flexibility index (Phi) is 4.50. The van der Waals surface area contributed by atoms with E-state index in [1.54, 1.807) is 4.90 Å². The van der Waals surface area contributed by atoms with Crippen molar-refractivity contribution in [2.75, 3.05) is 11.4 Å². The molecule has 1 saturated carbocycles. The van der Waals surface area contributed by atoms with Crippen LogP contribution in [-0.2, 0) is 14.4 Å². The number of hydrogen-bond donors (Lipinski definition) is 2. The molecule has 1 aliphatic heterocycles. The fourth-order valence-electron chi connectivity index (χ4n) is 4.77. The molecule has 5 unspecified atom stereocenters. The molecule has 2 N–H and O–H groups in total. The smallest absolute Gasteiger partial charge is 0.307 e. The van der Waals surface area contributed by atoms with Gasteiger partial charge in [0.05, 0.1) is 11.8 Å². The maximum absolute atomic E-state index is 12.9. The lowest BCUT2D eigenvalue weighted by Gasteiger charge is -2.34. The van der Waals surface area contributed by atoms with Crippen LogP contribution in [0.25, 0.3) is 0 Å². The van der Waals surface area contributed by atoms with Gasteiger partial charge >= 0.3 is 5.97 Å². The molecule has 3 aliphatic rings. The first kappa shape index (κ1) is 17.8. The first-order valence-corrected chi connectivity index (χ1v) is 9.55. The van der Waals surface area contributed by atoms with E-state index in [2.05, 4.69) is 5.32 Å². The SMILES string of the molecule is Cc1ccc(N2CCCC(NC(=O)C3C4C=CC(C4)C3C(=O)O)C2=O)cc1. The summed E-state index contributed by atoms with van der Waals surface area (Å²) in [5, 5.41) is 12.4. The van der Waals surface area contributed by atoms with Crippen LogP contribution in [0.5, 0.6) is 0 Å². The maximum Gasteiger partial charge on any atom is 0.307 e. The standard InChI is InChI=1S/C21H24N2O4/c1-12-4-8-15(9-5-12)23-10-2-3-16(20(23)25)22-19(24)17-13-6-7-14(11-13)18(17)21(26)27/h4-9,13-14,16-18H,2-3,10-11H2,1H3,(H,22,24)(H,26,27). The third kappa shape index (κ3) is 3.13. The lowest BCUT2D eigenvalue weighted by atomic mass is 9.82. The lowest BCUT2D eigenvalue weighted by Crippen LogP contribution is -2.54. The largest absolute Gasteiger partial charge is 0.481 e. The number of nitrogens with zero attached hydrogens (tertiary/aromatic N) is 1. The first-order valence-electron chi connectivity index (χ1n) is 9.55. The van der Waals surface area contributed by atoms with Gasteiger partial charge in [-0.1, -0.05) is 29.8 Å². The molecule has 1 aromatic carbocycles. The Morgan fingerprint density at radius 2 is 1.78 bits per heavy atom. The number of rotatable bonds is 4. The fourth-order valence-corrected chi connectivity index (χ4v) is 4.77. The van der Waals surface area contributed by atoms with Gasteiger partial charge < -0.3 is 15.3 Å². The highest BCUT2D eigenvalue weighted by molar-refractivity contribution is 6.00. The van der Waals surface area contributed by atoms with Crippen LogP contribution in [0.2, 0.25) is 0 Å². The number of allylic oxidation sites excluding steroid dienone is 2. The van der Waals surface area contributed by atoms with Gasteiger partial charge in [-0.3, -0.25) is 14.4 Å². The van der Waals surface area contributed by atoms with Crippen LogP contribution in [0, 0.1) is 30.6 Å². The van der Waals surface area contributed by atoms with Gasteiger partial charge in [0, 0.05) is 12.2 Å². The van der Waals surface area contributed by atoms with Gasteiger partial charge in [0.15, 0.2) is 0 Å². The molecule has 2 bridgehead atoms. The molecule has 2 aliphatic carbocycles. The Labute approximate surface area is 158 Å². The predicted octanol–water partition coefficient (Wildman–Crippen LogP) is 2.13. The molecule has 0 radical (unpaired) electrons. The number of anilines is 1. The highest BCUT2D eigenvalue weighted by Gasteiger charge is 2.52. The van der Waals surface area contributed by atoms with E-state index in [0.29, 0.717) is 19.4 Å². The minimum Gasteiger partial charge on any atom is -0.481 e. The number of hydrogen-bond acceptors (Lipinski definition) is 3. The summed E-state index contributed by atoms with van der Waals surface area (Å²) >= 11 is 0. The number of aryl methyl sites for hydroxylation is 1. The molecule has 1 aromatic rings. The van der Waals surface area contributed by atoms with Crippen molar-refractivity contribution >= 4 is 23.5 Å². The second-order valence-electron chi connectivity index (χ2n) is 7.87. The van der Waals surface area contributed by atoms with Crippen molar-refractivity contribution in [3.05, 3.63) is 42.0 Å². The second kappa shape index (κ2) is 6.83. The van der Waals surface area contributed by atoms with Crippen molar-refractivity contribution < 1.29 is 19.5 Å². The molecule has 4 rings (SSSR count). The number of carbonyl (C=O) groups is 3. The van der Waals surface area contributed by atoms with Crippen molar-refractivity contribution in [3.8, 4) is 0 Å². The molecule has 6 heteroatoms. The minimum atomic E-state index is -0.928. The number of amides is 2. The summed E-state index contributed by atoms with van der Waals surface area (Å²) < 4.78 is 0. The monoisotopic (exact) mass is 368 g/mol. The van der Waals surface area contributed by atoms with Crippen molar-refractivity contribution in [1.82, 2.24) is 5.32 Å². The highest BCUT2D eigenvalue weighted by atomic mass is 16.4. The van der Waals surface area contributed by atoms with Gasteiger partial charge in [-0.25, -0.2) is 0 Å². The Balaban J connectivity index is 1.48. The third-order valence-corrected chi connectivity index (χ3v) is 6.15. The summed E-state index contributed by atoms with van der Waals surface area (Å²) in [6.45, 7) is 2.62. The minimum absolute atomic E-state index is 0.0389. The summed E-state index contributed by atoms with van der Waals surface area (Å²) in [6, 6.07) is 7.16. The molecular weight excluding hydrogens is 344 g/mol. The Morgan fingerprint density at radius 1 is 1.11 bits per heavy atom. The Morgan fingerprint density at radius 3 is 2.44 bits per heavy atom. The van der Waals surface area contributed by atoms with Gasteiger partial charge in [-0.15, -0.1) is 0 Å². The van der Waals surface area contributed by atoms with E-state index in [-0.39, 0.29) is 23.7 Å². The van der Waals surface area contributed by atoms with E-state index in [4.69, 9.17) is 0 Å². The van der Waals surface area contributed by atoms with Gasteiger partial charge in [0.2, 0.25) is 11.8 Å². The van der Waals surface area contributed by atoms with Crippen LogP contribution >= 0.6 is 0 Å². The third-order valence-electron chi connectivity index (χ3n) is 6.15. The van der Waals surface area contributed by atoms with Crippen LogP contribution in [0.3, 0.4) is 0 Å². The topological polar surface area (TPSA) is 86.7 Å². The molecular formula is C21H24N2O4. The van der Waals surface area contributed by atoms with Gasteiger partial charge in [-0.05, 0) is 50.2 Å². The van der Waals surface area contributed by atoms with Crippen LogP contribution in [0.4, 0.5) is 5.69 Å². The lowest BCUT2D eigenvalue weighted by molar-refractivity contribution is -0.148. The molecule has 1 saturated heterocycles. The van der Waals surface area contributed by atoms with E-state index >= 15 is 0 Å². The van der Waals surface area contributed by atoms with Crippen LogP contribution < -0.4 is 10.2 Å². The summed E-state index contributed by atoms with van der Waals surface area (Å²) in [5.41, 5.74) is 1.95. The molecule has 0 spiro atoms. The molecule has 1 heterocycles. The van der Waals surface area contributed by atoms with Crippen LogP contribution in [-0.4, -0.2) is 35.5 Å². The maximum atomic E-state index is 12.9. The fraction of sp³-hybridized carbons (Fsp3) is 0.476. The number of carbonyl (C=O) groups excluding carboxylic acids is 2. The van der Waals surface area contributed by atoms with Crippen molar-refractivity contribution in [3.63, 3.8) is 0 Å². The number of carboxylic acids is 1. The van der Waals surface area contributed by atoms with E-state index in [1.807, 2.05) is 43.3 Å². The van der Waals surface area contributed by atoms with Crippen LogP contribution in [0.1, 0.15) is 24.8 Å². The molecule has 27 heavy (non-hydrogen) atoms. The number of piperidine rings is 1. The summed E-state index contributed by atoms with van der Waals surface area (Å²) in [6.07, 6.45) is 5.96.